The number of amides is 1. The minimum absolute atomic E-state index is 0.00156. The lowest BCUT2D eigenvalue weighted by atomic mass is 10.0. The lowest BCUT2D eigenvalue weighted by Crippen LogP contribution is -2.33. The average molecular weight is 412 g/mol. The van der Waals surface area contributed by atoms with E-state index in [0.717, 1.165) is 41.3 Å². The fourth-order valence-electron chi connectivity index (χ4n) is 3.76. The van der Waals surface area contributed by atoms with Crippen molar-refractivity contribution in [3.63, 3.8) is 0 Å². The zero-order chi connectivity index (χ0) is 20.2. The van der Waals surface area contributed by atoms with Gasteiger partial charge in [0.2, 0.25) is 0 Å². The first kappa shape index (κ1) is 19.8. The van der Waals surface area contributed by atoms with Gasteiger partial charge in [0, 0.05) is 42.3 Å². The third kappa shape index (κ3) is 4.39. The molecule has 8 heteroatoms. The van der Waals surface area contributed by atoms with Crippen molar-refractivity contribution in [1.29, 1.82) is 0 Å². The lowest BCUT2D eigenvalue weighted by molar-refractivity contribution is 0.0931. The summed E-state index contributed by atoms with van der Waals surface area (Å²) in [6.45, 7) is 4.67. The van der Waals surface area contributed by atoms with Gasteiger partial charge in [0.05, 0.1) is 25.7 Å². The standard InChI is InChI=1S/C21H25N5O2S/c1-15(16-5-3-2-4-6-16)23-21(28)20-17-13-25(14-19-22-8-12-29-19)9-7-18(17)26(24-20)10-11-27/h2-6,8,12,15,27H,7,9-11,13-14H2,1H3,(H,23,28)/t15-/m0/s1. The summed E-state index contributed by atoms with van der Waals surface area (Å²) in [5, 5.41) is 20.1. The Kier molecular flexibility index (Phi) is 6.03. The van der Waals surface area contributed by atoms with Gasteiger partial charge in [-0.1, -0.05) is 30.3 Å². The van der Waals surface area contributed by atoms with Crippen LogP contribution in [0.15, 0.2) is 41.9 Å². The first-order chi connectivity index (χ1) is 14.2. The maximum Gasteiger partial charge on any atom is 0.272 e. The Balaban J connectivity index is 1.55. The van der Waals surface area contributed by atoms with E-state index in [-0.39, 0.29) is 18.6 Å². The molecule has 1 aliphatic heterocycles. The molecule has 4 rings (SSSR count). The number of nitrogens with one attached hydrogen (secondary N) is 1. The van der Waals surface area contributed by atoms with Crippen LogP contribution in [0.1, 0.15) is 45.3 Å². The molecule has 29 heavy (non-hydrogen) atoms. The summed E-state index contributed by atoms with van der Waals surface area (Å²) in [5.74, 6) is -0.176. The van der Waals surface area contributed by atoms with E-state index in [1.807, 2.05) is 48.8 Å². The quantitative estimate of drug-likeness (QED) is 0.624. The highest BCUT2D eigenvalue weighted by Crippen LogP contribution is 2.25. The van der Waals surface area contributed by atoms with Crippen molar-refractivity contribution in [3.8, 4) is 0 Å². The second-order valence-corrected chi connectivity index (χ2v) is 8.19. The fraction of sp³-hybridized carbons (Fsp3) is 0.381. The predicted octanol–water partition coefficient (Wildman–Crippen LogP) is 2.38. The van der Waals surface area contributed by atoms with Gasteiger partial charge in [0.25, 0.3) is 5.91 Å². The fourth-order valence-corrected chi connectivity index (χ4v) is 4.41. The van der Waals surface area contributed by atoms with Crippen LogP contribution < -0.4 is 5.32 Å². The summed E-state index contributed by atoms with van der Waals surface area (Å²) in [5.41, 5.74) is 3.51. The number of aromatic nitrogens is 3. The van der Waals surface area contributed by atoms with Crippen LogP contribution in [0.5, 0.6) is 0 Å². The molecule has 0 radical (unpaired) electrons. The minimum Gasteiger partial charge on any atom is -0.394 e. The second kappa shape index (κ2) is 8.86. The SMILES string of the molecule is C[C@H](NC(=O)c1nn(CCO)c2c1CN(Cc1nccs1)CC2)c1ccccc1. The molecule has 0 fully saturated rings. The van der Waals surface area contributed by atoms with Gasteiger partial charge in [-0.05, 0) is 12.5 Å². The molecule has 0 saturated carbocycles. The average Bonchev–Trinajstić information content (AvgIpc) is 3.37. The summed E-state index contributed by atoms with van der Waals surface area (Å²) in [7, 11) is 0. The van der Waals surface area contributed by atoms with Gasteiger partial charge in [-0.25, -0.2) is 4.98 Å². The minimum atomic E-state index is -0.176. The van der Waals surface area contributed by atoms with Gasteiger partial charge in [0.1, 0.15) is 5.01 Å². The van der Waals surface area contributed by atoms with Crippen LogP contribution in [0.2, 0.25) is 0 Å². The number of thiazole rings is 1. The van der Waals surface area contributed by atoms with Crippen LogP contribution in [-0.2, 0) is 26.1 Å². The van der Waals surface area contributed by atoms with E-state index in [1.165, 1.54) is 0 Å². The highest BCUT2D eigenvalue weighted by atomic mass is 32.1. The van der Waals surface area contributed by atoms with Crippen LogP contribution in [0.4, 0.5) is 0 Å². The van der Waals surface area contributed by atoms with E-state index < -0.39 is 0 Å². The Morgan fingerprint density at radius 2 is 2.17 bits per heavy atom. The highest BCUT2D eigenvalue weighted by molar-refractivity contribution is 7.09. The van der Waals surface area contributed by atoms with E-state index >= 15 is 0 Å². The Morgan fingerprint density at radius 1 is 1.34 bits per heavy atom. The van der Waals surface area contributed by atoms with Crippen molar-refractivity contribution >= 4 is 17.2 Å². The summed E-state index contributed by atoms with van der Waals surface area (Å²) >= 11 is 1.64. The molecule has 3 aromatic rings. The van der Waals surface area contributed by atoms with Gasteiger partial charge in [0.15, 0.2) is 5.69 Å². The Bertz CT molecular complexity index is 955. The summed E-state index contributed by atoms with van der Waals surface area (Å²) in [4.78, 5) is 19.7. The Morgan fingerprint density at radius 3 is 2.90 bits per heavy atom. The maximum atomic E-state index is 13.1. The van der Waals surface area contributed by atoms with Crippen molar-refractivity contribution in [2.45, 2.75) is 39.0 Å². The maximum absolute atomic E-state index is 13.1. The number of rotatable bonds is 7. The van der Waals surface area contributed by atoms with E-state index in [0.29, 0.717) is 18.8 Å². The van der Waals surface area contributed by atoms with Crippen molar-refractivity contribution in [3.05, 3.63) is 69.4 Å². The summed E-state index contributed by atoms with van der Waals surface area (Å²) in [6.07, 6.45) is 2.62. The number of hydrogen-bond donors (Lipinski definition) is 2. The third-order valence-electron chi connectivity index (χ3n) is 5.23. The number of aliphatic hydroxyl groups is 1. The molecule has 2 N–H and O–H groups in total. The topological polar surface area (TPSA) is 83.3 Å². The molecular weight excluding hydrogens is 386 g/mol. The van der Waals surface area contributed by atoms with Crippen LogP contribution in [-0.4, -0.2) is 43.8 Å². The first-order valence-electron chi connectivity index (χ1n) is 9.81. The smallest absolute Gasteiger partial charge is 0.272 e. The molecule has 0 spiro atoms. The number of carbonyl (C=O) groups excluding carboxylic acids is 1. The number of aliphatic hydroxyl groups excluding tert-OH is 1. The molecule has 0 saturated heterocycles. The third-order valence-corrected chi connectivity index (χ3v) is 5.99. The normalized spacial score (nSPS) is 15.1. The molecule has 1 atom stereocenters. The lowest BCUT2D eigenvalue weighted by Gasteiger charge is -2.27. The molecule has 1 aromatic carbocycles. The Labute approximate surface area is 174 Å². The van der Waals surface area contributed by atoms with Crippen LogP contribution in [0, 0.1) is 0 Å². The van der Waals surface area contributed by atoms with Gasteiger partial charge in [-0.2, -0.15) is 5.10 Å². The van der Waals surface area contributed by atoms with Crippen molar-refractivity contribution in [1.82, 2.24) is 25.0 Å². The zero-order valence-corrected chi connectivity index (χ0v) is 17.2. The molecular formula is C21H25N5O2S. The van der Waals surface area contributed by atoms with Crippen molar-refractivity contribution < 1.29 is 9.90 Å². The molecule has 2 aromatic heterocycles. The number of benzene rings is 1. The van der Waals surface area contributed by atoms with Gasteiger partial charge >= 0.3 is 0 Å². The van der Waals surface area contributed by atoms with Crippen LogP contribution in [0.25, 0.3) is 0 Å². The zero-order valence-electron chi connectivity index (χ0n) is 16.4. The number of nitrogens with zero attached hydrogens (tertiary/aromatic N) is 4. The molecule has 0 bridgehead atoms. The van der Waals surface area contributed by atoms with E-state index in [9.17, 15) is 9.90 Å². The molecule has 152 valence electrons. The Hall–Kier alpha value is -2.55. The summed E-state index contributed by atoms with van der Waals surface area (Å²) < 4.78 is 1.79. The van der Waals surface area contributed by atoms with E-state index in [4.69, 9.17) is 0 Å². The van der Waals surface area contributed by atoms with Gasteiger partial charge < -0.3 is 10.4 Å². The van der Waals surface area contributed by atoms with Gasteiger partial charge in [-0.15, -0.1) is 11.3 Å². The molecule has 1 aliphatic rings. The second-order valence-electron chi connectivity index (χ2n) is 7.21. The predicted molar refractivity (Wildman–Crippen MR) is 112 cm³/mol. The monoisotopic (exact) mass is 411 g/mol. The molecule has 7 nitrogen and oxygen atoms in total. The van der Waals surface area contributed by atoms with E-state index in [2.05, 4.69) is 20.3 Å². The molecule has 0 unspecified atom stereocenters. The van der Waals surface area contributed by atoms with E-state index in [1.54, 1.807) is 16.0 Å². The first-order valence-corrected chi connectivity index (χ1v) is 10.7. The largest absolute Gasteiger partial charge is 0.394 e. The number of fused-ring (bicyclic) bond motifs is 1. The molecule has 0 aliphatic carbocycles. The number of carbonyl (C=O) groups is 1. The van der Waals surface area contributed by atoms with Crippen LogP contribution >= 0.6 is 11.3 Å². The molecule has 1 amide bonds. The van der Waals surface area contributed by atoms with Gasteiger partial charge in [-0.3, -0.25) is 14.4 Å². The summed E-state index contributed by atoms with van der Waals surface area (Å²) in [6, 6.07) is 9.78. The highest BCUT2D eigenvalue weighted by Gasteiger charge is 2.29. The van der Waals surface area contributed by atoms with Crippen molar-refractivity contribution in [2.24, 2.45) is 0 Å². The van der Waals surface area contributed by atoms with Crippen LogP contribution in [0.3, 0.4) is 0 Å². The van der Waals surface area contributed by atoms with Crippen molar-refractivity contribution in [2.75, 3.05) is 13.2 Å². The molecule has 3 heterocycles. The number of hydrogen-bond acceptors (Lipinski definition) is 6.